The van der Waals surface area contributed by atoms with Crippen LogP contribution < -0.4 is 21.5 Å². The Kier molecular flexibility index (Phi) is 6.17. The van der Waals surface area contributed by atoms with Gasteiger partial charge in [-0.2, -0.15) is 0 Å². The molecule has 0 aliphatic heterocycles. The molecule has 0 aliphatic rings. The normalized spacial score (nSPS) is 10.3. The molecular weight excluding hydrogens is 412 g/mol. The van der Waals surface area contributed by atoms with Gasteiger partial charge in [-0.05, 0) is 41.8 Å². The van der Waals surface area contributed by atoms with Crippen LogP contribution in [0.4, 0.5) is 0 Å². The highest BCUT2D eigenvalue weighted by Crippen LogP contribution is 2.28. The minimum atomic E-state index is -0.978. The molecule has 0 spiro atoms. The molecule has 140 valence electrons. The molecule has 2 N–H and O–H groups in total. The van der Waals surface area contributed by atoms with Crippen molar-refractivity contribution in [2.75, 3.05) is 0 Å². The summed E-state index contributed by atoms with van der Waals surface area (Å²) in [6, 6.07) is 10.2. The number of aryl methyl sites for hydroxylation is 2. The minimum absolute atomic E-state index is 0. The summed E-state index contributed by atoms with van der Waals surface area (Å²) < 4.78 is 3.87. The van der Waals surface area contributed by atoms with E-state index in [2.05, 4.69) is 0 Å². The zero-order valence-electron chi connectivity index (χ0n) is 14.9. The fourth-order valence-electron chi connectivity index (χ4n) is 3.00. The minimum Gasteiger partial charge on any atom is -1.00 e. The van der Waals surface area contributed by atoms with Crippen LogP contribution in [0.2, 0.25) is 0 Å². The molecule has 27 heavy (non-hydrogen) atoms. The van der Waals surface area contributed by atoms with Crippen molar-refractivity contribution < 1.29 is 41.4 Å². The molecule has 1 aromatic heterocycles. The second kappa shape index (κ2) is 8.18. The fraction of sp³-hybridized carbons (Fsp3) is 0.150. The summed E-state index contributed by atoms with van der Waals surface area (Å²) in [7, 11) is 1.92. The summed E-state index contributed by atoms with van der Waals surface area (Å²) in [5.74, 6) is -1.94. The summed E-state index contributed by atoms with van der Waals surface area (Å²) in [5.41, 5.74) is 3.73. The number of carboxylic acid groups (broad SMARTS) is 2. The Morgan fingerprint density at radius 3 is 2.37 bits per heavy atom. The lowest BCUT2D eigenvalue weighted by Gasteiger charge is -2.11. The monoisotopic (exact) mass is 430 g/mol. The average Bonchev–Trinajstić information content (AvgIpc) is 2.99. The van der Waals surface area contributed by atoms with Crippen molar-refractivity contribution in [1.29, 1.82) is 0 Å². The van der Waals surface area contributed by atoms with E-state index in [0.717, 1.165) is 16.7 Å². The van der Waals surface area contributed by atoms with Crippen LogP contribution in [0.1, 0.15) is 31.8 Å². The Labute approximate surface area is 167 Å². The van der Waals surface area contributed by atoms with Crippen molar-refractivity contribution in [3.05, 3.63) is 77.4 Å². The van der Waals surface area contributed by atoms with Gasteiger partial charge in [-0.25, -0.2) is 18.7 Å². The van der Waals surface area contributed by atoms with Gasteiger partial charge < -0.3 is 27.2 Å². The molecule has 0 bridgehead atoms. The second-order valence-electron chi connectivity index (χ2n) is 6.26. The molecule has 7 heteroatoms. The number of carbonyl (C=O) groups is 2. The lowest BCUT2D eigenvalue weighted by molar-refractivity contribution is -0.671. The van der Waals surface area contributed by atoms with E-state index in [0.29, 0.717) is 12.1 Å². The number of rotatable bonds is 5. The zero-order chi connectivity index (χ0) is 18.8. The molecule has 0 fully saturated rings. The maximum absolute atomic E-state index is 11.4. The Morgan fingerprint density at radius 1 is 1.07 bits per heavy atom. The van der Waals surface area contributed by atoms with Crippen molar-refractivity contribution in [1.82, 2.24) is 4.57 Å². The number of hydrogen-bond acceptors (Lipinski definition) is 2. The summed E-state index contributed by atoms with van der Waals surface area (Å²) >= 11 is 0. The van der Waals surface area contributed by atoms with E-state index in [9.17, 15) is 19.8 Å². The Morgan fingerprint density at radius 2 is 1.81 bits per heavy atom. The third-order valence-corrected chi connectivity index (χ3v) is 4.30. The van der Waals surface area contributed by atoms with Crippen LogP contribution in [-0.2, 0) is 13.6 Å². The fourth-order valence-corrected chi connectivity index (χ4v) is 3.00. The average molecular weight is 431 g/mol. The molecule has 3 rings (SSSR count). The molecule has 0 radical (unpaired) electrons. The highest BCUT2D eigenvalue weighted by Gasteiger charge is 2.15. The Balaban J connectivity index is 0.00000261. The molecule has 0 aliphatic carbocycles. The Bertz CT molecular complexity index is 1010. The van der Waals surface area contributed by atoms with Gasteiger partial charge in [-0.3, -0.25) is 0 Å². The van der Waals surface area contributed by atoms with Gasteiger partial charge in [0.1, 0.15) is 18.9 Å². The van der Waals surface area contributed by atoms with E-state index in [1.807, 2.05) is 41.0 Å². The first kappa shape index (κ1) is 20.4. The summed E-state index contributed by atoms with van der Waals surface area (Å²) in [6.45, 7) is 2.27. The molecular formula is C20H19BrN2O4. The first-order valence-electron chi connectivity index (χ1n) is 8.06. The topological polar surface area (TPSA) is 83.4 Å². The molecule has 6 nitrogen and oxygen atoms in total. The first-order valence-corrected chi connectivity index (χ1v) is 8.06. The number of benzene rings is 2. The Hall–Kier alpha value is -2.93. The van der Waals surface area contributed by atoms with Crippen molar-refractivity contribution in [2.24, 2.45) is 7.05 Å². The van der Waals surface area contributed by atoms with Gasteiger partial charge in [-0.1, -0.05) is 18.2 Å². The van der Waals surface area contributed by atoms with Crippen LogP contribution in [0.25, 0.3) is 11.1 Å². The van der Waals surface area contributed by atoms with E-state index in [1.165, 1.54) is 0 Å². The number of halogens is 1. The SMILES string of the molecule is Cc1cc(-c2ccc(C(=O)O)cc2Cn2cc[n+](C)c2)ccc1C(=O)O.[Br-]. The molecule has 0 saturated heterocycles. The summed E-state index contributed by atoms with van der Waals surface area (Å²) in [4.78, 5) is 22.6. The predicted molar refractivity (Wildman–Crippen MR) is 95.2 cm³/mol. The molecule has 0 atom stereocenters. The standard InChI is InChI=1S/C20H18N2O4.BrH/c1-13-9-14(3-5-17(13)20(25)26)18-6-4-15(19(23)24)10-16(18)11-22-8-7-21(2)12-22;/h3-10,12H,11H2,1-2H3,(H-,23,24,25,26);1H. The highest BCUT2D eigenvalue weighted by molar-refractivity contribution is 5.91. The first-order chi connectivity index (χ1) is 12.3. The smallest absolute Gasteiger partial charge is 0.335 e. The lowest BCUT2D eigenvalue weighted by Crippen LogP contribution is -3.00. The van der Waals surface area contributed by atoms with Crippen LogP contribution in [0.3, 0.4) is 0 Å². The van der Waals surface area contributed by atoms with Crippen molar-refractivity contribution >= 4 is 11.9 Å². The predicted octanol–water partition coefficient (Wildman–Crippen LogP) is -0.263. The van der Waals surface area contributed by atoms with Crippen LogP contribution in [0.15, 0.2) is 55.1 Å². The summed E-state index contributed by atoms with van der Waals surface area (Å²) in [6.07, 6.45) is 5.73. The quantitative estimate of drug-likeness (QED) is 0.546. The third-order valence-electron chi connectivity index (χ3n) is 4.30. The van der Waals surface area contributed by atoms with Crippen molar-refractivity contribution in [3.63, 3.8) is 0 Å². The maximum Gasteiger partial charge on any atom is 0.335 e. The molecule has 2 aromatic carbocycles. The van der Waals surface area contributed by atoms with Crippen LogP contribution in [0.5, 0.6) is 0 Å². The number of imidazole rings is 1. The number of nitrogens with zero attached hydrogens (tertiary/aromatic N) is 2. The third kappa shape index (κ3) is 4.43. The zero-order valence-corrected chi connectivity index (χ0v) is 16.5. The van der Waals surface area contributed by atoms with E-state index in [4.69, 9.17) is 0 Å². The van der Waals surface area contributed by atoms with Crippen molar-refractivity contribution in [2.45, 2.75) is 13.5 Å². The van der Waals surface area contributed by atoms with E-state index in [1.54, 1.807) is 37.3 Å². The van der Waals surface area contributed by atoms with Crippen LogP contribution in [0, 0.1) is 6.92 Å². The maximum atomic E-state index is 11.4. The number of aromatic carboxylic acids is 2. The van der Waals surface area contributed by atoms with Gasteiger partial charge in [-0.15, -0.1) is 0 Å². The number of hydrogen-bond donors (Lipinski definition) is 2. The number of aromatic nitrogens is 2. The van der Waals surface area contributed by atoms with E-state index in [-0.39, 0.29) is 28.1 Å². The van der Waals surface area contributed by atoms with Crippen molar-refractivity contribution in [3.8, 4) is 11.1 Å². The molecule has 3 aromatic rings. The van der Waals surface area contributed by atoms with Gasteiger partial charge in [0, 0.05) is 5.56 Å². The molecule has 0 unspecified atom stereocenters. The van der Waals surface area contributed by atoms with E-state index < -0.39 is 11.9 Å². The van der Waals surface area contributed by atoms with Crippen LogP contribution in [-0.4, -0.2) is 26.7 Å². The van der Waals surface area contributed by atoms with Gasteiger partial charge in [0.2, 0.25) is 6.33 Å². The molecule has 0 amide bonds. The molecule has 1 heterocycles. The largest absolute Gasteiger partial charge is 1.00 e. The van der Waals surface area contributed by atoms with Gasteiger partial charge >= 0.3 is 11.9 Å². The van der Waals surface area contributed by atoms with Crippen LogP contribution >= 0.6 is 0 Å². The van der Waals surface area contributed by atoms with Gasteiger partial charge in [0.25, 0.3) is 0 Å². The highest BCUT2D eigenvalue weighted by atomic mass is 79.9. The second-order valence-corrected chi connectivity index (χ2v) is 6.26. The van der Waals surface area contributed by atoms with Gasteiger partial charge in [0.05, 0.1) is 18.2 Å². The number of carboxylic acids is 2. The van der Waals surface area contributed by atoms with Gasteiger partial charge in [0.15, 0.2) is 0 Å². The molecule has 0 saturated carbocycles. The lowest BCUT2D eigenvalue weighted by atomic mass is 9.94. The summed E-state index contributed by atoms with van der Waals surface area (Å²) in [5, 5.41) is 18.5. The van der Waals surface area contributed by atoms with E-state index >= 15 is 0 Å².